The molecule has 0 spiro atoms. The number of non-ortho nitro benzene ring substituents is 1. The van der Waals surface area contributed by atoms with Crippen LogP contribution in [0.1, 0.15) is 11.3 Å². The molecule has 6 nitrogen and oxygen atoms in total. The number of carbonyl (C=O) groups excluding carboxylic acids is 1. The molecular weight excluding hydrogens is 386 g/mol. The Kier molecular flexibility index (Phi) is 5.83. The molecule has 0 atom stereocenters. The van der Waals surface area contributed by atoms with Crippen LogP contribution in [0.5, 0.6) is 0 Å². The second kappa shape index (κ2) is 8.28. The molecule has 0 fully saturated rings. The third-order valence-electron chi connectivity index (χ3n) is 3.98. The fraction of sp³-hybridized carbons (Fsp3) is 0.158. The second-order valence-corrected chi connectivity index (χ2v) is 7.23. The van der Waals surface area contributed by atoms with Gasteiger partial charge in [-0.25, -0.2) is 4.98 Å². The van der Waals surface area contributed by atoms with Crippen LogP contribution in [0.15, 0.2) is 53.9 Å². The van der Waals surface area contributed by atoms with Gasteiger partial charge in [-0.05, 0) is 11.6 Å². The average Bonchev–Trinajstić information content (AvgIpc) is 3.12. The molecule has 1 heterocycles. The summed E-state index contributed by atoms with van der Waals surface area (Å²) < 4.78 is 0. The Hall–Kier alpha value is -2.77. The summed E-state index contributed by atoms with van der Waals surface area (Å²) in [6.45, 7) is 0.190. The van der Waals surface area contributed by atoms with E-state index in [9.17, 15) is 14.9 Å². The Morgan fingerprint density at radius 1 is 1.26 bits per heavy atom. The van der Waals surface area contributed by atoms with Gasteiger partial charge >= 0.3 is 0 Å². The lowest BCUT2D eigenvalue weighted by molar-refractivity contribution is -0.384. The zero-order valence-corrected chi connectivity index (χ0v) is 16.0. The van der Waals surface area contributed by atoms with Crippen molar-refractivity contribution in [3.8, 4) is 10.6 Å². The minimum Gasteiger partial charge on any atom is -0.341 e. The van der Waals surface area contributed by atoms with Crippen molar-refractivity contribution in [1.29, 1.82) is 0 Å². The highest BCUT2D eigenvalue weighted by Gasteiger charge is 2.16. The molecule has 3 aromatic rings. The van der Waals surface area contributed by atoms with Crippen LogP contribution in [0.3, 0.4) is 0 Å². The molecule has 27 heavy (non-hydrogen) atoms. The van der Waals surface area contributed by atoms with Crippen molar-refractivity contribution in [3.63, 3.8) is 0 Å². The van der Waals surface area contributed by atoms with E-state index in [1.165, 1.54) is 34.4 Å². The van der Waals surface area contributed by atoms with Crippen LogP contribution in [0.2, 0.25) is 5.02 Å². The number of carbonyl (C=O) groups is 1. The summed E-state index contributed by atoms with van der Waals surface area (Å²) >= 11 is 7.60. The average molecular weight is 402 g/mol. The van der Waals surface area contributed by atoms with Gasteiger partial charge < -0.3 is 4.90 Å². The van der Waals surface area contributed by atoms with Crippen LogP contribution in [0.4, 0.5) is 5.69 Å². The highest BCUT2D eigenvalue weighted by atomic mass is 35.5. The Balaban J connectivity index is 1.67. The monoisotopic (exact) mass is 401 g/mol. The molecule has 0 N–H and O–H groups in total. The van der Waals surface area contributed by atoms with E-state index in [0.717, 1.165) is 10.6 Å². The molecule has 0 saturated carbocycles. The molecule has 0 bridgehead atoms. The van der Waals surface area contributed by atoms with Crippen molar-refractivity contribution < 1.29 is 9.72 Å². The van der Waals surface area contributed by atoms with Crippen molar-refractivity contribution in [2.45, 2.75) is 13.0 Å². The number of halogens is 1. The summed E-state index contributed by atoms with van der Waals surface area (Å²) in [6.07, 6.45) is 0.159. The predicted molar refractivity (Wildman–Crippen MR) is 106 cm³/mol. The second-order valence-electron chi connectivity index (χ2n) is 5.97. The van der Waals surface area contributed by atoms with E-state index in [4.69, 9.17) is 11.6 Å². The summed E-state index contributed by atoms with van der Waals surface area (Å²) in [5.41, 5.74) is 2.19. The minimum atomic E-state index is -0.484. The van der Waals surface area contributed by atoms with Crippen LogP contribution in [-0.4, -0.2) is 27.8 Å². The van der Waals surface area contributed by atoms with E-state index < -0.39 is 4.92 Å². The number of nitro benzene ring substituents is 1. The SMILES string of the molecule is CN(Cc1cc([N+](=O)[O-])ccc1Cl)C(=O)Cc1csc(-c2ccccc2)n1. The Labute approximate surface area is 165 Å². The fourth-order valence-electron chi connectivity index (χ4n) is 2.53. The van der Waals surface area contributed by atoms with Gasteiger partial charge in [-0.1, -0.05) is 41.9 Å². The maximum absolute atomic E-state index is 12.5. The van der Waals surface area contributed by atoms with Crippen molar-refractivity contribution in [2.75, 3.05) is 7.05 Å². The van der Waals surface area contributed by atoms with E-state index in [1.807, 2.05) is 35.7 Å². The van der Waals surface area contributed by atoms with E-state index in [0.29, 0.717) is 16.3 Å². The predicted octanol–water partition coefficient (Wildman–Crippen LogP) is 4.57. The van der Waals surface area contributed by atoms with Crippen LogP contribution in [0, 0.1) is 10.1 Å². The molecule has 0 radical (unpaired) electrons. The number of rotatable bonds is 6. The van der Waals surface area contributed by atoms with Crippen molar-refractivity contribution in [3.05, 3.63) is 80.3 Å². The lowest BCUT2D eigenvalue weighted by Crippen LogP contribution is -2.28. The summed E-state index contributed by atoms with van der Waals surface area (Å²) in [5, 5.41) is 14.0. The first-order valence-electron chi connectivity index (χ1n) is 8.10. The maximum Gasteiger partial charge on any atom is 0.269 e. The van der Waals surface area contributed by atoms with E-state index in [-0.39, 0.29) is 24.6 Å². The molecule has 0 aliphatic carbocycles. The standard InChI is InChI=1S/C19H16ClN3O3S/c1-22(11-14-9-16(23(25)26)7-8-17(14)20)18(24)10-15-12-27-19(21-15)13-5-3-2-4-6-13/h2-9,12H,10-11H2,1H3. The Bertz CT molecular complexity index is 975. The summed E-state index contributed by atoms with van der Waals surface area (Å²) in [4.78, 5) is 29.0. The molecule has 0 saturated heterocycles. The molecule has 3 rings (SSSR count). The van der Waals surface area contributed by atoms with Crippen LogP contribution in [0.25, 0.3) is 10.6 Å². The van der Waals surface area contributed by atoms with E-state index >= 15 is 0 Å². The zero-order valence-electron chi connectivity index (χ0n) is 14.5. The number of hydrogen-bond acceptors (Lipinski definition) is 5. The topological polar surface area (TPSA) is 76.3 Å². The number of hydrogen-bond donors (Lipinski definition) is 0. The Morgan fingerprint density at radius 2 is 2.00 bits per heavy atom. The van der Waals surface area contributed by atoms with Crippen LogP contribution in [-0.2, 0) is 17.8 Å². The highest BCUT2D eigenvalue weighted by Crippen LogP contribution is 2.25. The van der Waals surface area contributed by atoms with Gasteiger partial charge in [-0.3, -0.25) is 14.9 Å². The number of aromatic nitrogens is 1. The third kappa shape index (κ3) is 4.69. The molecule has 0 aliphatic heterocycles. The molecule has 0 unspecified atom stereocenters. The number of thiazole rings is 1. The number of nitro groups is 1. The fourth-order valence-corrected chi connectivity index (χ4v) is 3.53. The first-order chi connectivity index (χ1) is 12.9. The molecule has 8 heteroatoms. The molecule has 138 valence electrons. The van der Waals surface area contributed by atoms with Gasteiger partial charge in [0.1, 0.15) is 5.01 Å². The van der Waals surface area contributed by atoms with E-state index in [2.05, 4.69) is 4.98 Å². The summed E-state index contributed by atoms with van der Waals surface area (Å²) in [5.74, 6) is -0.137. The quantitative estimate of drug-likeness (QED) is 0.447. The molecule has 1 amide bonds. The highest BCUT2D eigenvalue weighted by molar-refractivity contribution is 7.13. The van der Waals surface area contributed by atoms with Gasteiger partial charge in [0.25, 0.3) is 5.69 Å². The van der Waals surface area contributed by atoms with Gasteiger partial charge in [0.05, 0.1) is 17.0 Å². The molecule has 2 aromatic carbocycles. The van der Waals surface area contributed by atoms with Gasteiger partial charge in [0.2, 0.25) is 5.91 Å². The lowest BCUT2D eigenvalue weighted by Gasteiger charge is -2.17. The maximum atomic E-state index is 12.5. The number of amides is 1. The molecule has 1 aromatic heterocycles. The van der Waals surface area contributed by atoms with Gasteiger partial charge in [0, 0.05) is 41.7 Å². The van der Waals surface area contributed by atoms with Crippen LogP contribution < -0.4 is 0 Å². The minimum absolute atomic E-state index is 0.0535. The van der Waals surface area contributed by atoms with Crippen LogP contribution >= 0.6 is 22.9 Å². The lowest BCUT2D eigenvalue weighted by atomic mass is 10.2. The third-order valence-corrected chi connectivity index (χ3v) is 5.29. The van der Waals surface area contributed by atoms with Gasteiger partial charge in [-0.2, -0.15) is 0 Å². The van der Waals surface area contributed by atoms with Crippen molar-refractivity contribution in [2.24, 2.45) is 0 Å². The van der Waals surface area contributed by atoms with Crippen molar-refractivity contribution in [1.82, 2.24) is 9.88 Å². The first kappa shape index (κ1) is 19.0. The van der Waals surface area contributed by atoms with Gasteiger partial charge in [-0.15, -0.1) is 11.3 Å². The van der Waals surface area contributed by atoms with Crippen molar-refractivity contribution >= 4 is 34.5 Å². The number of nitrogens with zero attached hydrogens (tertiary/aromatic N) is 3. The smallest absolute Gasteiger partial charge is 0.269 e. The van der Waals surface area contributed by atoms with Gasteiger partial charge in [0.15, 0.2) is 0 Å². The Morgan fingerprint density at radius 3 is 2.70 bits per heavy atom. The normalized spacial score (nSPS) is 10.6. The van der Waals surface area contributed by atoms with E-state index in [1.54, 1.807) is 7.05 Å². The molecule has 0 aliphatic rings. The first-order valence-corrected chi connectivity index (χ1v) is 9.36. The number of benzene rings is 2. The molecular formula is C19H16ClN3O3S. The summed E-state index contributed by atoms with van der Waals surface area (Å²) in [6, 6.07) is 14.0. The zero-order chi connectivity index (χ0) is 19.4. The largest absolute Gasteiger partial charge is 0.341 e. The summed E-state index contributed by atoms with van der Waals surface area (Å²) in [7, 11) is 1.64. The number of likely N-dealkylation sites (N-methyl/N-ethyl adjacent to an activating group) is 1.